The van der Waals surface area contributed by atoms with E-state index in [0.717, 1.165) is 16.7 Å². The van der Waals surface area contributed by atoms with Crippen molar-refractivity contribution in [2.45, 2.75) is 37.8 Å². The number of hydrogen-bond acceptors (Lipinski definition) is 3. The molecule has 0 saturated carbocycles. The fourth-order valence-corrected chi connectivity index (χ4v) is 4.63. The zero-order chi connectivity index (χ0) is 24.7. The molecule has 3 aromatic carbocycles. The molecule has 1 aliphatic rings. The molecule has 5 nitrogen and oxygen atoms in total. The van der Waals surface area contributed by atoms with E-state index in [-0.39, 0.29) is 18.3 Å². The lowest BCUT2D eigenvalue weighted by Gasteiger charge is -2.41. The maximum absolute atomic E-state index is 13.1. The van der Waals surface area contributed by atoms with Crippen molar-refractivity contribution in [2.75, 3.05) is 13.1 Å². The number of amides is 2. The summed E-state index contributed by atoms with van der Waals surface area (Å²) in [5.74, 6) is -0.264. The Morgan fingerprint density at radius 3 is 2.29 bits per heavy atom. The third-order valence-electron chi connectivity index (χ3n) is 6.43. The van der Waals surface area contributed by atoms with E-state index in [0.29, 0.717) is 43.8 Å². The molecule has 35 heavy (non-hydrogen) atoms. The van der Waals surface area contributed by atoms with Crippen molar-refractivity contribution in [1.29, 1.82) is 0 Å². The standard InChI is InChI=1S/C28H28ClFN2O3/c29-25-9-5-4-6-22(25)12-15-26(33)32-18-16-28(17-19-32,23-7-2-1-3-8-23)35-27(34)31-20-21-10-13-24(30)14-11-21/h1-11,13-14H,12,15-20H2,(H,31,34). The predicted octanol–water partition coefficient (Wildman–Crippen LogP) is 5.86. The number of ether oxygens (including phenoxy) is 1. The van der Waals surface area contributed by atoms with E-state index in [9.17, 15) is 14.0 Å². The Morgan fingerprint density at radius 1 is 0.943 bits per heavy atom. The molecule has 3 aromatic rings. The molecule has 0 bridgehead atoms. The molecule has 0 unspecified atom stereocenters. The summed E-state index contributed by atoms with van der Waals surface area (Å²) in [7, 11) is 0. The summed E-state index contributed by atoms with van der Waals surface area (Å²) in [6, 6.07) is 23.1. The number of carbonyl (C=O) groups is 2. The van der Waals surface area contributed by atoms with Crippen LogP contribution in [-0.4, -0.2) is 30.0 Å². The van der Waals surface area contributed by atoms with Crippen LogP contribution < -0.4 is 5.32 Å². The molecule has 182 valence electrons. The predicted molar refractivity (Wildman–Crippen MR) is 133 cm³/mol. The van der Waals surface area contributed by atoms with Crippen LogP contribution in [-0.2, 0) is 28.1 Å². The minimum Gasteiger partial charge on any atom is -0.438 e. The lowest BCUT2D eigenvalue weighted by molar-refractivity contribution is -0.135. The Labute approximate surface area is 209 Å². The van der Waals surface area contributed by atoms with Gasteiger partial charge < -0.3 is 15.0 Å². The number of halogens is 2. The van der Waals surface area contributed by atoms with Crippen LogP contribution in [0.4, 0.5) is 9.18 Å². The first kappa shape index (κ1) is 24.7. The number of aryl methyl sites for hydroxylation is 1. The van der Waals surface area contributed by atoms with Crippen LogP contribution in [0, 0.1) is 5.82 Å². The highest BCUT2D eigenvalue weighted by Crippen LogP contribution is 2.37. The minimum absolute atomic E-state index is 0.0624. The molecular formula is C28H28ClFN2O3. The number of likely N-dealkylation sites (tertiary alicyclic amines) is 1. The molecular weight excluding hydrogens is 467 g/mol. The van der Waals surface area contributed by atoms with E-state index in [1.807, 2.05) is 59.5 Å². The second-order valence-corrected chi connectivity index (χ2v) is 9.11. The Balaban J connectivity index is 1.38. The first-order chi connectivity index (χ1) is 16.9. The Bertz CT molecular complexity index is 1150. The number of nitrogens with zero attached hydrogens (tertiary/aromatic N) is 1. The number of benzene rings is 3. The van der Waals surface area contributed by atoms with Gasteiger partial charge in [-0.25, -0.2) is 9.18 Å². The summed E-state index contributed by atoms with van der Waals surface area (Å²) >= 11 is 6.22. The fourth-order valence-electron chi connectivity index (χ4n) is 4.40. The van der Waals surface area contributed by atoms with Gasteiger partial charge in [0.2, 0.25) is 5.91 Å². The van der Waals surface area contributed by atoms with E-state index in [2.05, 4.69) is 5.32 Å². The topological polar surface area (TPSA) is 58.6 Å². The molecule has 7 heteroatoms. The largest absolute Gasteiger partial charge is 0.438 e. The van der Waals surface area contributed by atoms with Crippen LogP contribution in [0.2, 0.25) is 5.02 Å². The summed E-state index contributed by atoms with van der Waals surface area (Å²) in [5, 5.41) is 3.43. The molecule has 0 aliphatic carbocycles. The quantitative estimate of drug-likeness (QED) is 0.448. The first-order valence-corrected chi connectivity index (χ1v) is 12.1. The summed E-state index contributed by atoms with van der Waals surface area (Å²) in [6.45, 7) is 1.21. The second-order valence-electron chi connectivity index (χ2n) is 8.70. The smallest absolute Gasteiger partial charge is 0.408 e. The molecule has 1 aliphatic heterocycles. The molecule has 0 aromatic heterocycles. The lowest BCUT2D eigenvalue weighted by atomic mass is 9.84. The van der Waals surface area contributed by atoms with E-state index < -0.39 is 11.7 Å². The molecule has 1 heterocycles. The minimum atomic E-state index is -0.826. The summed E-state index contributed by atoms with van der Waals surface area (Å²) in [5.41, 5.74) is 1.81. The highest BCUT2D eigenvalue weighted by atomic mass is 35.5. The van der Waals surface area contributed by atoms with E-state index >= 15 is 0 Å². The van der Waals surface area contributed by atoms with Gasteiger partial charge in [-0.05, 0) is 41.3 Å². The van der Waals surface area contributed by atoms with Gasteiger partial charge in [0.15, 0.2) is 0 Å². The van der Waals surface area contributed by atoms with Crippen molar-refractivity contribution in [3.63, 3.8) is 0 Å². The van der Waals surface area contributed by atoms with Crippen LogP contribution in [0.15, 0.2) is 78.9 Å². The summed E-state index contributed by atoms with van der Waals surface area (Å²) in [4.78, 5) is 27.4. The molecule has 0 atom stereocenters. The third kappa shape index (κ3) is 6.40. The summed E-state index contributed by atoms with van der Waals surface area (Å²) < 4.78 is 19.1. The van der Waals surface area contributed by atoms with Crippen molar-refractivity contribution in [1.82, 2.24) is 10.2 Å². The van der Waals surface area contributed by atoms with Crippen LogP contribution in [0.25, 0.3) is 0 Å². The molecule has 1 saturated heterocycles. The van der Waals surface area contributed by atoms with Crippen molar-refractivity contribution >= 4 is 23.6 Å². The molecule has 0 spiro atoms. The zero-order valence-corrected chi connectivity index (χ0v) is 20.1. The molecule has 1 fully saturated rings. The number of hydrogen-bond donors (Lipinski definition) is 1. The molecule has 1 N–H and O–H groups in total. The van der Waals surface area contributed by atoms with Gasteiger partial charge in [0, 0.05) is 43.9 Å². The summed E-state index contributed by atoms with van der Waals surface area (Å²) in [6.07, 6.45) is 1.41. The van der Waals surface area contributed by atoms with Gasteiger partial charge in [0.1, 0.15) is 11.4 Å². The van der Waals surface area contributed by atoms with Gasteiger partial charge in [-0.15, -0.1) is 0 Å². The van der Waals surface area contributed by atoms with Gasteiger partial charge in [0.05, 0.1) is 0 Å². The van der Waals surface area contributed by atoms with Gasteiger partial charge in [0.25, 0.3) is 0 Å². The molecule has 0 radical (unpaired) electrons. The highest BCUT2D eigenvalue weighted by Gasteiger charge is 2.40. The first-order valence-electron chi connectivity index (χ1n) is 11.7. The monoisotopic (exact) mass is 494 g/mol. The van der Waals surface area contributed by atoms with Gasteiger partial charge in [-0.2, -0.15) is 0 Å². The van der Waals surface area contributed by atoms with Gasteiger partial charge >= 0.3 is 6.09 Å². The van der Waals surface area contributed by atoms with Crippen molar-refractivity contribution in [3.8, 4) is 0 Å². The SMILES string of the molecule is O=C(NCc1ccc(F)cc1)OC1(c2ccccc2)CCN(C(=O)CCc2ccccc2Cl)CC1. The molecule has 2 amide bonds. The normalized spacial score (nSPS) is 14.9. The van der Waals surface area contributed by atoms with Crippen molar-refractivity contribution < 1.29 is 18.7 Å². The average molecular weight is 495 g/mol. The average Bonchev–Trinajstić information content (AvgIpc) is 2.88. The Kier molecular flexibility index (Phi) is 8.03. The molecule has 4 rings (SSSR count). The number of carbonyl (C=O) groups excluding carboxylic acids is 2. The van der Waals surface area contributed by atoms with E-state index in [1.54, 1.807) is 12.1 Å². The highest BCUT2D eigenvalue weighted by molar-refractivity contribution is 6.31. The van der Waals surface area contributed by atoms with E-state index in [1.165, 1.54) is 12.1 Å². The number of alkyl carbamates (subject to hydrolysis) is 1. The van der Waals surface area contributed by atoms with E-state index in [4.69, 9.17) is 16.3 Å². The van der Waals surface area contributed by atoms with Crippen molar-refractivity contribution in [3.05, 3.63) is 106 Å². The Morgan fingerprint density at radius 2 is 1.60 bits per heavy atom. The van der Waals surface area contributed by atoms with Crippen LogP contribution in [0.5, 0.6) is 0 Å². The fraction of sp³-hybridized carbons (Fsp3) is 0.286. The van der Waals surface area contributed by atoms with Gasteiger partial charge in [-0.1, -0.05) is 72.3 Å². The lowest BCUT2D eigenvalue weighted by Crippen LogP contribution is -2.48. The van der Waals surface area contributed by atoms with Crippen LogP contribution in [0.1, 0.15) is 36.0 Å². The van der Waals surface area contributed by atoms with Gasteiger partial charge in [-0.3, -0.25) is 4.79 Å². The maximum Gasteiger partial charge on any atom is 0.408 e. The van der Waals surface area contributed by atoms with Crippen LogP contribution in [0.3, 0.4) is 0 Å². The third-order valence-corrected chi connectivity index (χ3v) is 6.80. The maximum atomic E-state index is 13.1. The van der Waals surface area contributed by atoms with Crippen LogP contribution >= 0.6 is 11.6 Å². The van der Waals surface area contributed by atoms with Crippen molar-refractivity contribution in [2.24, 2.45) is 0 Å². The number of nitrogens with one attached hydrogen (secondary N) is 1. The second kappa shape index (κ2) is 11.4. The Hall–Kier alpha value is -3.38. The number of rotatable bonds is 7. The number of piperidine rings is 1. The zero-order valence-electron chi connectivity index (χ0n) is 19.4.